The minimum absolute atomic E-state index is 0.120. The van der Waals surface area contributed by atoms with Gasteiger partial charge in [0.05, 0.1) is 17.7 Å². The maximum Gasteiger partial charge on any atom is 0.416 e. The summed E-state index contributed by atoms with van der Waals surface area (Å²) >= 11 is 0. The molecule has 2 heterocycles. The van der Waals surface area contributed by atoms with Gasteiger partial charge in [-0.3, -0.25) is 9.69 Å². The number of carbonyl (C=O) groups excluding carboxylic acids is 1. The number of piperidine rings is 1. The fraction of sp³-hybridized carbons (Fsp3) is 0.448. The summed E-state index contributed by atoms with van der Waals surface area (Å²) in [6.07, 6.45) is -0.197. The number of aliphatic hydroxyl groups excluding tert-OH is 1. The molecule has 0 bridgehead atoms. The van der Waals surface area contributed by atoms with E-state index in [1.807, 2.05) is 0 Å². The van der Waals surface area contributed by atoms with Crippen molar-refractivity contribution in [2.75, 3.05) is 13.1 Å². The van der Waals surface area contributed by atoms with Crippen molar-refractivity contribution in [2.45, 2.75) is 69.3 Å². The number of halogens is 4. The monoisotopic (exact) mass is 529 g/mol. The van der Waals surface area contributed by atoms with E-state index in [0.717, 1.165) is 62.0 Å². The van der Waals surface area contributed by atoms with Crippen molar-refractivity contribution in [3.8, 4) is 0 Å². The molecule has 9 heteroatoms. The third kappa shape index (κ3) is 5.83. The number of alkyl halides is 3. The van der Waals surface area contributed by atoms with Gasteiger partial charge in [0.25, 0.3) is 5.91 Å². The molecule has 38 heavy (non-hydrogen) atoms. The van der Waals surface area contributed by atoms with Crippen molar-refractivity contribution in [2.24, 2.45) is 0 Å². The lowest BCUT2D eigenvalue weighted by Crippen LogP contribution is -2.45. The van der Waals surface area contributed by atoms with Gasteiger partial charge in [-0.15, -0.1) is 0 Å². The van der Waals surface area contributed by atoms with E-state index in [4.69, 9.17) is 0 Å². The van der Waals surface area contributed by atoms with Crippen molar-refractivity contribution in [3.63, 3.8) is 0 Å². The Morgan fingerprint density at radius 2 is 1.74 bits per heavy atom. The lowest BCUT2D eigenvalue weighted by Gasteiger charge is -2.32. The van der Waals surface area contributed by atoms with Crippen molar-refractivity contribution >= 4 is 16.8 Å². The number of carbonyl (C=O) groups is 1. The second-order valence-corrected chi connectivity index (χ2v) is 10.4. The van der Waals surface area contributed by atoms with Crippen LogP contribution in [0.1, 0.15) is 71.6 Å². The number of nitrogens with zero attached hydrogens (tertiary/aromatic N) is 2. The fourth-order valence-corrected chi connectivity index (χ4v) is 5.66. The van der Waals surface area contributed by atoms with Gasteiger partial charge in [0.1, 0.15) is 17.0 Å². The van der Waals surface area contributed by atoms with E-state index in [0.29, 0.717) is 24.8 Å². The van der Waals surface area contributed by atoms with Crippen LogP contribution in [0.15, 0.2) is 48.5 Å². The summed E-state index contributed by atoms with van der Waals surface area (Å²) in [6.45, 7) is 1.94. The molecule has 1 saturated carbocycles. The van der Waals surface area contributed by atoms with E-state index in [1.54, 1.807) is 30.3 Å². The Kier molecular flexibility index (Phi) is 7.68. The molecule has 2 aliphatic rings. The minimum atomic E-state index is -4.35. The first-order chi connectivity index (χ1) is 18.2. The number of benzene rings is 2. The van der Waals surface area contributed by atoms with E-state index in [-0.39, 0.29) is 23.2 Å². The number of aliphatic hydroxyl groups is 1. The molecule has 1 aliphatic heterocycles. The van der Waals surface area contributed by atoms with Gasteiger partial charge in [-0.2, -0.15) is 13.2 Å². The number of hydrogen-bond acceptors (Lipinski definition) is 4. The Morgan fingerprint density at radius 1 is 1.03 bits per heavy atom. The Bertz CT molecular complexity index is 1290. The SMILES string of the molecule is O=C(N[C@H]1CCCC[C@@H]1O)c1cc(CN2CCC(c3ccc(C(F)(F)F)cc3)CC2)c2cccc(F)c2n1. The maximum atomic E-state index is 14.7. The second kappa shape index (κ2) is 11.0. The molecule has 0 radical (unpaired) electrons. The average molecular weight is 530 g/mol. The molecule has 202 valence electrons. The highest BCUT2D eigenvalue weighted by molar-refractivity contribution is 5.96. The summed E-state index contributed by atoms with van der Waals surface area (Å²) < 4.78 is 53.4. The highest BCUT2D eigenvalue weighted by Crippen LogP contribution is 2.33. The minimum Gasteiger partial charge on any atom is -0.391 e. The quantitative estimate of drug-likeness (QED) is 0.410. The lowest BCUT2D eigenvalue weighted by atomic mass is 9.88. The Balaban J connectivity index is 1.30. The number of likely N-dealkylation sites (tertiary alicyclic amines) is 1. The number of amides is 1. The van der Waals surface area contributed by atoms with Gasteiger partial charge in [-0.1, -0.05) is 37.1 Å². The Morgan fingerprint density at radius 3 is 2.42 bits per heavy atom. The molecule has 1 amide bonds. The molecule has 2 aromatic carbocycles. The van der Waals surface area contributed by atoms with Gasteiger partial charge in [0.2, 0.25) is 0 Å². The molecule has 2 atom stereocenters. The first kappa shape index (κ1) is 26.6. The molecule has 1 aliphatic carbocycles. The van der Waals surface area contributed by atoms with Crippen LogP contribution in [0.25, 0.3) is 10.9 Å². The van der Waals surface area contributed by atoms with Gasteiger partial charge >= 0.3 is 6.18 Å². The van der Waals surface area contributed by atoms with Crippen LogP contribution in [-0.4, -0.2) is 46.1 Å². The van der Waals surface area contributed by atoms with Crippen LogP contribution in [-0.2, 0) is 12.7 Å². The molecule has 1 saturated heterocycles. The number of pyridine rings is 1. The molecule has 0 unspecified atom stereocenters. The molecular formula is C29H31F4N3O2. The number of nitrogens with one attached hydrogen (secondary N) is 1. The summed E-state index contributed by atoms with van der Waals surface area (Å²) in [5.41, 5.74) is 1.30. The van der Waals surface area contributed by atoms with Gasteiger partial charge in [-0.05, 0) is 80.1 Å². The van der Waals surface area contributed by atoms with Crippen molar-refractivity contribution in [1.29, 1.82) is 0 Å². The van der Waals surface area contributed by atoms with Crippen LogP contribution in [0.5, 0.6) is 0 Å². The Hall–Kier alpha value is -3.04. The third-order valence-electron chi connectivity index (χ3n) is 7.85. The highest BCUT2D eigenvalue weighted by Gasteiger charge is 2.31. The first-order valence-electron chi connectivity index (χ1n) is 13.2. The van der Waals surface area contributed by atoms with Crippen LogP contribution in [0.4, 0.5) is 17.6 Å². The van der Waals surface area contributed by atoms with E-state index >= 15 is 0 Å². The van der Waals surface area contributed by atoms with Gasteiger partial charge < -0.3 is 10.4 Å². The third-order valence-corrected chi connectivity index (χ3v) is 7.85. The predicted molar refractivity (Wildman–Crippen MR) is 136 cm³/mol. The molecule has 3 aromatic rings. The normalized spacial score (nSPS) is 21.5. The van der Waals surface area contributed by atoms with Crippen molar-refractivity contribution < 1.29 is 27.5 Å². The molecule has 1 aromatic heterocycles. The number of para-hydroxylation sites is 1. The van der Waals surface area contributed by atoms with Gasteiger partial charge in [0.15, 0.2) is 0 Å². The smallest absolute Gasteiger partial charge is 0.391 e. The zero-order valence-electron chi connectivity index (χ0n) is 21.0. The van der Waals surface area contributed by atoms with Crippen LogP contribution in [0, 0.1) is 5.82 Å². The second-order valence-electron chi connectivity index (χ2n) is 10.4. The summed E-state index contributed by atoms with van der Waals surface area (Å²) in [5.74, 6) is -0.760. The lowest BCUT2D eigenvalue weighted by molar-refractivity contribution is -0.137. The fourth-order valence-electron chi connectivity index (χ4n) is 5.66. The summed E-state index contributed by atoms with van der Waals surface area (Å²) in [4.78, 5) is 19.6. The number of rotatable bonds is 5. The van der Waals surface area contributed by atoms with Crippen molar-refractivity contribution in [1.82, 2.24) is 15.2 Å². The zero-order valence-corrected chi connectivity index (χ0v) is 21.0. The number of aromatic nitrogens is 1. The van der Waals surface area contributed by atoms with Crippen LogP contribution in [0.3, 0.4) is 0 Å². The van der Waals surface area contributed by atoms with Gasteiger partial charge in [-0.25, -0.2) is 9.37 Å². The number of fused-ring (bicyclic) bond motifs is 1. The van der Waals surface area contributed by atoms with Crippen LogP contribution >= 0.6 is 0 Å². The molecular weight excluding hydrogens is 498 g/mol. The van der Waals surface area contributed by atoms with E-state index in [2.05, 4.69) is 15.2 Å². The molecule has 5 rings (SSSR count). The maximum absolute atomic E-state index is 14.7. The number of hydrogen-bond donors (Lipinski definition) is 2. The highest BCUT2D eigenvalue weighted by atomic mass is 19.4. The van der Waals surface area contributed by atoms with Gasteiger partial charge in [0, 0.05) is 11.9 Å². The standard InChI is InChI=1S/C29H31F4N3O2/c30-23-5-3-4-22-20(16-25(34-27(22)23)28(38)35-24-6-1-2-7-26(24)37)17-36-14-12-19(13-15-36)18-8-10-21(11-9-18)29(31,32)33/h3-5,8-11,16,19,24,26,37H,1-2,6-7,12-15,17H2,(H,35,38)/t24-,26-/m0/s1. The largest absolute Gasteiger partial charge is 0.416 e. The van der Waals surface area contributed by atoms with Crippen LogP contribution < -0.4 is 5.32 Å². The first-order valence-corrected chi connectivity index (χ1v) is 13.2. The van der Waals surface area contributed by atoms with Crippen LogP contribution in [0.2, 0.25) is 0 Å². The van der Waals surface area contributed by atoms with E-state index in [9.17, 15) is 27.5 Å². The van der Waals surface area contributed by atoms with E-state index < -0.39 is 29.6 Å². The zero-order chi connectivity index (χ0) is 26.9. The molecule has 5 nitrogen and oxygen atoms in total. The molecule has 0 spiro atoms. The van der Waals surface area contributed by atoms with Crippen molar-refractivity contribution in [3.05, 3.63) is 76.7 Å². The summed E-state index contributed by atoms with van der Waals surface area (Å²) in [5, 5.41) is 13.8. The average Bonchev–Trinajstić information content (AvgIpc) is 2.90. The topological polar surface area (TPSA) is 65.5 Å². The van der Waals surface area contributed by atoms with E-state index in [1.165, 1.54) is 6.07 Å². The summed E-state index contributed by atoms with van der Waals surface area (Å²) in [6, 6.07) is 11.5. The molecule has 2 N–H and O–H groups in total. The molecule has 2 fully saturated rings. The summed E-state index contributed by atoms with van der Waals surface area (Å²) in [7, 11) is 0. The Labute approximate surface area is 218 Å². The predicted octanol–water partition coefficient (Wildman–Crippen LogP) is 5.81.